The number of ether oxygens (including phenoxy) is 4. The molecule has 2 aliphatic rings. The summed E-state index contributed by atoms with van der Waals surface area (Å²) in [6.07, 6.45) is -0.519. The number of rotatable bonds is 10. The third-order valence-corrected chi connectivity index (χ3v) is 9.24. The SMILES string of the molecule is COc1ccc(C(OC[C@@]23CN(c4noc(C)n4)[C@@H]([C@H](n4cc(C)c(N)nc4=O)O2)[C@@H]3O)(c2ccccc2)c2ccc(OC)cc2)cc1. The maximum Gasteiger partial charge on any atom is 0.351 e. The molecule has 2 aromatic heterocycles. The summed E-state index contributed by atoms with van der Waals surface area (Å²) in [4.78, 5) is 23.4. The van der Waals surface area contributed by atoms with Crippen molar-refractivity contribution >= 4 is 11.8 Å². The van der Waals surface area contributed by atoms with Crippen molar-refractivity contribution in [2.24, 2.45) is 0 Å². The van der Waals surface area contributed by atoms with Crippen molar-refractivity contribution in [3.8, 4) is 11.5 Å². The van der Waals surface area contributed by atoms with E-state index in [0.717, 1.165) is 16.7 Å². The molecule has 2 aliphatic heterocycles. The second-order valence-corrected chi connectivity index (χ2v) is 12.0. The number of methoxy groups -OCH3 is 2. The van der Waals surface area contributed by atoms with Gasteiger partial charge in [0.05, 0.1) is 27.4 Å². The smallest absolute Gasteiger partial charge is 0.351 e. The van der Waals surface area contributed by atoms with Crippen LogP contribution in [0.15, 0.2) is 94.4 Å². The van der Waals surface area contributed by atoms with Gasteiger partial charge >= 0.3 is 5.69 Å². The molecule has 0 saturated carbocycles. The van der Waals surface area contributed by atoms with Crippen molar-refractivity contribution in [1.29, 1.82) is 0 Å². The Hall–Kier alpha value is -5.24. The highest BCUT2D eigenvalue weighted by Gasteiger charge is 2.66. The van der Waals surface area contributed by atoms with Gasteiger partial charge in [-0.3, -0.25) is 4.57 Å². The fraction of sp³-hybridized carbons (Fsp3) is 0.314. The standard InChI is InChI=1S/C35H36N6O7/c1-21-18-40(33(43)38-30(21)36)31-28-29(42)34(47-31,19-41(28)32-37-22(2)48-39-32)20-46-35(23-8-6-5-7-9-23,24-10-14-26(44-3)15-11-24)25-12-16-27(45-4)17-13-25/h5-18,28-29,31,42H,19-20H2,1-4H3,(H2,36,38,43)/t28-,29+,31-,34-/m1/s1. The molecular weight excluding hydrogens is 616 g/mol. The van der Waals surface area contributed by atoms with Gasteiger partial charge < -0.3 is 39.2 Å². The summed E-state index contributed by atoms with van der Waals surface area (Å²) in [6.45, 7) is 3.49. The van der Waals surface area contributed by atoms with Crippen LogP contribution in [0.2, 0.25) is 0 Å². The van der Waals surface area contributed by atoms with E-state index < -0.39 is 35.3 Å². The first kappa shape index (κ1) is 31.4. The summed E-state index contributed by atoms with van der Waals surface area (Å²) in [5.41, 5.74) is 5.87. The summed E-state index contributed by atoms with van der Waals surface area (Å²) in [5, 5.41) is 16.2. The summed E-state index contributed by atoms with van der Waals surface area (Å²) in [5.74, 6) is 2.12. The first-order valence-corrected chi connectivity index (χ1v) is 15.5. The number of nitrogens with two attached hydrogens (primary N) is 1. The lowest BCUT2D eigenvalue weighted by molar-refractivity contribution is -0.159. The molecule has 2 fully saturated rings. The van der Waals surface area contributed by atoms with Crippen LogP contribution in [-0.2, 0) is 15.1 Å². The number of benzene rings is 3. The highest BCUT2D eigenvalue weighted by molar-refractivity contribution is 5.50. The van der Waals surface area contributed by atoms with E-state index in [2.05, 4.69) is 15.1 Å². The normalized spacial score (nSPS) is 21.9. The Morgan fingerprint density at radius 3 is 2.10 bits per heavy atom. The average molecular weight is 653 g/mol. The molecule has 2 bridgehead atoms. The predicted molar refractivity (Wildman–Crippen MR) is 175 cm³/mol. The number of aromatic nitrogens is 4. The first-order valence-electron chi connectivity index (χ1n) is 15.5. The van der Waals surface area contributed by atoms with Crippen molar-refractivity contribution in [2.75, 3.05) is 38.0 Å². The fourth-order valence-electron chi connectivity index (χ4n) is 6.76. The van der Waals surface area contributed by atoms with Crippen LogP contribution < -0.4 is 25.8 Å². The van der Waals surface area contributed by atoms with Gasteiger partial charge in [0, 0.05) is 18.7 Å². The van der Waals surface area contributed by atoms with Gasteiger partial charge in [-0.1, -0.05) is 54.6 Å². The number of anilines is 2. The molecule has 0 radical (unpaired) electrons. The van der Waals surface area contributed by atoms with Gasteiger partial charge in [0.25, 0.3) is 5.95 Å². The molecule has 5 aromatic rings. The van der Waals surface area contributed by atoms with Gasteiger partial charge in [0.15, 0.2) is 6.23 Å². The molecule has 3 aromatic carbocycles. The topological polar surface area (TPSA) is 160 Å². The predicted octanol–water partition coefficient (Wildman–Crippen LogP) is 3.37. The minimum Gasteiger partial charge on any atom is -0.497 e. The number of nitrogens with zero attached hydrogens (tertiary/aromatic N) is 5. The number of nitrogen functional groups attached to an aromatic ring is 1. The highest BCUT2D eigenvalue weighted by Crippen LogP contribution is 2.50. The van der Waals surface area contributed by atoms with Crippen LogP contribution in [0.5, 0.6) is 11.5 Å². The number of hydrogen-bond donors (Lipinski definition) is 2. The van der Waals surface area contributed by atoms with Crippen molar-refractivity contribution in [3.63, 3.8) is 0 Å². The van der Waals surface area contributed by atoms with Crippen LogP contribution in [0.25, 0.3) is 0 Å². The van der Waals surface area contributed by atoms with E-state index in [0.29, 0.717) is 23.0 Å². The molecular formula is C35H36N6O7. The Labute approximate surface area is 276 Å². The first-order chi connectivity index (χ1) is 23.2. The fourth-order valence-corrected chi connectivity index (χ4v) is 6.76. The van der Waals surface area contributed by atoms with Crippen molar-refractivity contribution < 1.29 is 28.6 Å². The molecule has 13 nitrogen and oxygen atoms in total. The summed E-state index contributed by atoms with van der Waals surface area (Å²) < 4.78 is 31.5. The minimum atomic E-state index is -1.34. The third kappa shape index (κ3) is 5.07. The number of morpholine rings is 1. The van der Waals surface area contributed by atoms with Crippen LogP contribution in [0.4, 0.5) is 11.8 Å². The molecule has 13 heteroatoms. The Kier molecular flexibility index (Phi) is 7.90. The molecule has 0 amide bonds. The van der Waals surface area contributed by atoms with Crippen LogP contribution in [0, 0.1) is 13.8 Å². The molecule has 248 valence electrons. The van der Waals surface area contributed by atoms with E-state index in [9.17, 15) is 9.90 Å². The molecule has 4 atom stereocenters. The molecule has 3 N–H and O–H groups in total. The lowest BCUT2D eigenvalue weighted by atomic mass is 9.79. The maximum absolute atomic E-state index is 13.2. The lowest BCUT2D eigenvalue weighted by Crippen LogP contribution is -2.51. The van der Waals surface area contributed by atoms with E-state index in [1.54, 1.807) is 39.2 Å². The average Bonchev–Trinajstić information content (AvgIpc) is 3.76. The second kappa shape index (κ2) is 12.1. The monoisotopic (exact) mass is 652 g/mol. The van der Waals surface area contributed by atoms with Gasteiger partial charge in [-0.15, -0.1) is 0 Å². The molecule has 0 spiro atoms. The summed E-state index contributed by atoms with van der Waals surface area (Å²) in [7, 11) is 3.23. The zero-order chi connectivity index (χ0) is 33.6. The van der Waals surface area contributed by atoms with E-state index in [4.69, 9.17) is 29.2 Å². The van der Waals surface area contributed by atoms with Crippen molar-refractivity contribution in [2.45, 2.75) is 43.4 Å². The van der Waals surface area contributed by atoms with Gasteiger partial charge in [-0.2, -0.15) is 9.97 Å². The van der Waals surface area contributed by atoms with Crippen LogP contribution in [-0.4, -0.2) is 69.9 Å². The van der Waals surface area contributed by atoms with E-state index >= 15 is 0 Å². The molecule has 2 saturated heterocycles. The summed E-state index contributed by atoms with van der Waals surface area (Å²) >= 11 is 0. The highest BCUT2D eigenvalue weighted by atomic mass is 16.6. The van der Waals surface area contributed by atoms with E-state index in [-0.39, 0.29) is 24.9 Å². The Balaban J connectivity index is 1.36. The number of aliphatic hydroxyl groups is 1. The largest absolute Gasteiger partial charge is 0.497 e. The zero-order valence-corrected chi connectivity index (χ0v) is 26.9. The summed E-state index contributed by atoms with van der Waals surface area (Å²) in [6, 6.07) is 24.4. The number of aliphatic hydroxyl groups excluding tert-OH is 1. The number of hydrogen-bond acceptors (Lipinski definition) is 12. The maximum atomic E-state index is 13.2. The van der Waals surface area contributed by atoms with Crippen molar-refractivity contribution in [3.05, 3.63) is 124 Å². The second-order valence-electron chi connectivity index (χ2n) is 12.0. The van der Waals surface area contributed by atoms with E-state index in [1.807, 2.05) is 78.9 Å². The quantitative estimate of drug-likeness (QED) is 0.212. The van der Waals surface area contributed by atoms with Gasteiger partial charge in [0.1, 0.15) is 40.7 Å². The molecule has 4 heterocycles. The number of aryl methyl sites for hydroxylation is 2. The Bertz CT molecular complexity index is 1920. The van der Waals surface area contributed by atoms with Gasteiger partial charge in [-0.25, -0.2) is 4.79 Å². The Morgan fingerprint density at radius 2 is 1.54 bits per heavy atom. The minimum absolute atomic E-state index is 0.0996. The van der Waals surface area contributed by atoms with Crippen LogP contribution in [0.1, 0.15) is 34.4 Å². The molecule has 48 heavy (non-hydrogen) atoms. The van der Waals surface area contributed by atoms with Gasteiger partial charge in [-0.05, 0) is 53.0 Å². The zero-order valence-electron chi connectivity index (χ0n) is 26.9. The lowest BCUT2D eigenvalue weighted by Gasteiger charge is -2.41. The third-order valence-electron chi connectivity index (χ3n) is 9.24. The van der Waals surface area contributed by atoms with Gasteiger partial charge in [0.2, 0.25) is 5.89 Å². The van der Waals surface area contributed by atoms with Crippen LogP contribution in [0.3, 0.4) is 0 Å². The van der Waals surface area contributed by atoms with Crippen LogP contribution >= 0.6 is 0 Å². The molecule has 0 aliphatic carbocycles. The van der Waals surface area contributed by atoms with Crippen molar-refractivity contribution in [1.82, 2.24) is 19.7 Å². The van der Waals surface area contributed by atoms with E-state index in [1.165, 1.54) is 4.57 Å². The number of fused-ring (bicyclic) bond motifs is 2. The Morgan fingerprint density at radius 1 is 0.938 bits per heavy atom. The molecule has 0 unspecified atom stereocenters. The molecule has 7 rings (SSSR count).